The zero-order valence-electron chi connectivity index (χ0n) is 15.9. The number of piperidine rings is 1. The molecule has 6 nitrogen and oxygen atoms in total. The standard InChI is InChI=1S/C22H24N4O2/c1-16-18-9-3-4-10-19(18)22(28)26(16)15-20(27)24-14-17-8-7-11-23-21(17)25-12-5-2-6-13-25/h3-4,7-11H,1-2,5-6,12-15H2,(H,24,27). The average Bonchev–Trinajstić information content (AvgIpc) is 2.98. The van der Waals surface area contributed by atoms with E-state index in [9.17, 15) is 9.59 Å². The summed E-state index contributed by atoms with van der Waals surface area (Å²) in [5.74, 6) is 0.554. The van der Waals surface area contributed by atoms with Crippen LogP contribution in [0.25, 0.3) is 5.70 Å². The van der Waals surface area contributed by atoms with E-state index in [1.165, 1.54) is 24.2 Å². The van der Waals surface area contributed by atoms with Crippen LogP contribution in [0.1, 0.15) is 40.7 Å². The van der Waals surface area contributed by atoms with Crippen LogP contribution in [0.5, 0.6) is 0 Å². The minimum atomic E-state index is -0.212. The number of amides is 2. The number of nitrogens with one attached hydrogen (secondary N) is 1. The summed E-state index contributed by atoms with van der Waals surface area (Å²) in [4.78, 5) is 33.3. The molecule has 0 atom stereocenters. The van der Waals surface area contributed by atoms with E-state index in [1.807, 2.05) is 30.3 Å². The van der Waals surface area contributed by atoms with Crippen LogP contribution in [-0.4, -0.2) is 41.3 Å². The summed E-state index contributed by atoms with van der Waals surface area (Å²) < 4.78 is 0. The molecule has 0 radical (unpaired) electrons. The van der Waals surface area contributed by atoms with Gasteiger partial charge < -0.3 is 10.2 Å². The maximum absolute atomic E-state index is 12.5. The lowest BCUT2D eigenvalue weighted by Crippen LogP contribution is -2.37. The summed E-state index contributed by atoms with van der Waals surface area (Å²) in [7, 11) is 0. The molecule has 4 rings (SSSR count). The van der Waals surface area contributed by atoms with Crippen LogP contribution in [0, 0.1) is 0 Å². The molecule has 1 saturated heterocycles. The smallest absolute Gasteiger partial charge is 0.259 e. The highest BCUT2D eigenvalue weighted by molar-refractivity contribution is 6.10. The summed E-state index contributed by atoms with van der Waals surface area (Å²) >= 11 is 0. The summed E-state index contributed by atoms with van der Waals surface area (Å²) in [5, 5.41) is 2.93. The molecular weight excluding hydrogens is 352 g/mol. The second-order valence-electron chi connectivity index (χ2n) is 7.19. The fourth-order valence-electron chi connectivity index (χ4n) is 3.85. The van der Waals surface area contributed by atoms with E-state index < -0.39 is 0 Å². The number of hydrogen-bond donors (Lipinski definition) is 1. The molecule has 6 heteroatoms. The quantitative estimate of drug-likeness (QED) is 0.872. The molecule has 0 unspecified atom stereocenters. The Morgan fingerprint density at radius 1 is 1.07 bits per heavy atom. The molecule has 0 spiro atoms. The minimum Gasteiger partial charge on any atom is -0.356 e. The van der Waals surface area contributed by atoms with Gasteiger partial charge in [-0.25, -0.2) is 4.98 Å². The summed E-state index contributed by atoms with van der Waals surface area (Å²) in [6, 6.07) is 11.2. The average molecular weight is 376 g/mol. The second kappa shape index (κ2) is 7.84. The zero-order valence-corrected chi connectivity index (χ0v) is 15.9. The number of carbonyl (C=O) groups is 2. The van der Waals surface area contributed by atoms with Gasteiger partial charge in [0, 0.05) is 48.2 Å². The summed E-state index contributed by atoms with van der Waals surface area (Å²) in [6.07, 6.45) is 5.38. The third kappa shape index (κ3) is 3.50. The van der Waals surface area contributed by atoms with E-state index in [1.54, 1.807) is 12.3 Å². The van der Waals surface area contributed by atoms with Crippen molar-refractivity contribution in [2.75, 3.05) is 24.5 Å². The Kier molecular flexibility index (Phi) is 5.10. The van der Waals surface area contributed by atoms with Crippen LogP contribution in [0.2, 0.25) is 0 Å². The van der Waals surface area contributed by atoms with Crippen molar-refractivity contribution in [1.82, 2.24) is 15.2 Å². The Hall–Kier alpha value is -3.15. The van der Waals surface area contributed by atoms with Gasteiger partial charge in [0.15, 0.2) is 0 Å². The van der Waals surface area contributed by atoms with Gasteiger partial charge in [0.1, 0.15) is 12.4 Å². The van der Waals surface area contributed by atoms with Crippen molar-refractivity contribution in [2.24, 2.45) is 0 Å². The van der Waals surface area contributed by atoms with Crippen LogP contribution in [0.3, 0.4) is 0 Å². The number of aromatic nitrogens is 1. The van der Waals surface area contributed by atoms with Crippen LogP contribution in [0.4, 0.5) is 5.82 Å². The normalized spacial score (nSPS) is 16.3. The fraction of sp³-hybridized carbons (Fsp3) is 0.318. The van der Waals surface area contributed by atoms with Gasteiger partial charge in [0.05, 0.1) is 0 Å². The largest absolute Gasteiger partial charge is 0.356 e. The molecule has 2 aliphatic rings. The first-order chi connectivity index (χ1) is 13.6. The number of rotatable bonds is 5. The number of hydrogen-bond acceptors (Lipinski definition) is 4. The Morgan fingerprint density at radius 2 is 1.82 bits per heavy atom. The van der Waals surface area contributed by atoms with Gasteiger partial charge in [-0.2, -0.15) is 0 Å². The summed E-state index contributed by atoms with van der Waals surface area (Å²) in [5.41, 5.74) is 2.96. The topological polar surface area (TPSA) is 65.5 Å². The van der Waals surface area contributed by atoms with Gasteiger partial charge in [0.25, 0.3) is 5.91 Å². The lowest BCUT2D eigenvalue weighted by atomic mass is 10.1. The van der Waals surface area contributed by atoms with Crippen molar-refractivity contribution < 1.29 is 9.59 Å². The van der Waals surface area contributed by atoms with Gasteiger partial charge in [-0.15, -0.1) is 0 Å². The van der Waals surface area contributed by atoms with Crippen LogP contribution < -0.4 is 10.2 Å². The number of fused-ring (bicyclic) bond motifs is 1. The third-order valence-corrected chi connectivity index (χ3v) is 5.34. The molecule has 28 heavy (non-hydrogen) atoms. The van der Waals surface area contributed by atoms with Gasteiger partial charge >= 0.3 is 0 Å². The molecule has 1 aromatic heterocycles. The molecule has 3 heterocycles. The maximum Gasteiger partial charge on any atom is 0.259 e. The van der Waals surface area contributed by atoms with E-state index in [2.05, 4.69) is 21.8 Å². The highest BCUT2D eigenvalue weighted by atomic mass is 16.2. The Labute approximate surface area is 164 Å². The van der Waals surface area contributed by atoms with Crippen molar-refractivity contribution in [3.05, 3.63) is 65.9 Å². The van der Waals surface area contributed by atoms with Crippen molar-refractivity contribution in [2.45, 2.75) is 25.8 Å². The molecule has 1 aromatic carbocycles. The lowest BCUT2D eigenvalue weighted by molar-refractivity contribution is -0.121. The Balaban J connectivity index is 1.40. The zero-order chi connectivity index (χ0) is 19.5. The van der Waals surface area contributed by atoms with E-state index in [0.717, 1.165) is 30.0 Å². The minimum absolute atomic E-state index is 0.0361. The van der Waals surface area contributed by atoms with E-state index >= 15 is 0 Å². The van der Waals surface area contributed by atoms with E-state index in [0.29, 0.717) is 17.8 Å². The second-order valence-corrected chi connectivity index (χ2v) is 7.19. The monoisotopic (exact) mass is 376 g/mol. The first kappa shape index (κ1) is 18.2. The maximum atomic E-state index is 12.5. The van der Waals surface area contributed by atoms with Crippen LogP contribution >= 0.6 is 0 Å². The van der Waals surface area contributed by atoms with Crippen molar-refractivity contribution >= 4 is 23.3 Å². The molecule has 144 valence electrons. The molecule has 2 aromatic rings. The van der Waals surface area contributed by atoms with Crippen molar-refractivity contribution in [1.29, 1.82) is 0 Å². The highest BCUT2D eigenvalue weighted by Crippen LogP contribution is 2.30. The van der Waals surface area contributed by atoms with E-state index in [4.69, 9.17) is 0 Å². The van der Waals surface area contributed by atoms with Gasteiger partial charge in [0.2, 0.25) is 5.91 Å². The molecular formula is C22H24N4O2. The SMILES string of the molecule is C=C1c2ccccc2C(=O)N1CC(=O)NCc1cccnc1N1CCCCC1. The van der Waals surface area contributed by atoms with E-state index in [-0.39, 0.29) is 18.4 Å². The molecule has 0 bridgehead atoms. The Bertz CT molecular complexity index is 883. The van der Waals surface area contributed by atoms with Gasteiger partial charge in [-0.1, -0.05) is 30.8 Å². The fourth-order valence-corrected chi connectivity index (χ4v) is 3.85. The third-order valence-electron chi connectivity index (χ3n) is 5.34. The molecule has 0 aliphatic carbocycles. The van der Waals surface area contributed by atoms with Gasteiger partial charge in [-0.3, -0.25) is 14.5 Å². The number of nitrogens with zero attached hydrogens (tertiary/aromatic N) is 3. The highest BCUT2D eigenvalue weighted by Gasteiger charge is 2.31. The molecule has 1 N–H and O–H groups in total. The first-order valence-electron chi connectivity index (χ1n) is 9.71. The van der Waals surface area contributed by atoms with Gasteiger partial charge in [-0.05, 0) is 31.4 Å². The number of benzene rings is 1. The van der Waals surface area contributed by atoms with Crippen LogP contribution in [0.15, 0.2) is 49.2 Å². The first-order valence-corrected chi connectivity index (χ1v) is 9.71. The summed E-state index contributed by atoms with van der Waals surface area (Å²) in [6.45, 7) is 6.33. The Morgan fingerprint density at radius 3 is 2.57 bits per heavy atom. The lowest BCUT2D eigenvalue weighted by Gasteiger charge is -2.29. The predicted octanol–water partition coefficient (Wildman–Crippen LogP) is 2.81. The van der Waals surface area contributed by atoms with Crippen molar-refractivity contribution in [3.8, 4) is 0 Å². The molecule has 0 saturated carbocycles. The number of anilines is 1. The number of pyridine rings is 1. The van der Waals surface area contributed by atoms with Crippen LogP contribution in [-0.2, 0) is 11.3 Å². The molecule has 1 fully saturated rings. The molecule has 2 amide bonds. The van der Waals surface area contributed by atoms with Crippen molar-refractivity contribution in [3.63, 3.8) is 0 Å². The predicted molar refractivity (Wildman–Crippen MR) is 109 cm³/mol. The number of carbonyl (C=O) groups excluding carboxylic acids is 2. The molecule has 2 aliphatic heterocycles.